The maximum atomic E-state index is 2.30. The van der Waals surface area contributed by atoms with Crippen LogP contribution in [0, 0.1) is 0 Å². The van der Waals surface area contributed by atoms with Crippen LogP contribution in [0.5, 0.6) is 0 Å². The van der Waals surface area contributed by atoms with E-state index in [9.17, 15) is 0 Å². The lowest BCUT2D eigenvalue weighted by molar-refractivity contribution is 0.660. The Kier molecular flexibility index (Phi) is 5.58. The topological polar surface area (TPSA) is 0 Å². The quantitative estimate of drug-likeness (QED) is 0.299. The summed E-state index contributed by atoms with van der Waals surface area (Å²) in [7, 11) is 0. The van der Waals surface area contributed by atoms with E-state index in [-0.39, 0.29) is 5.41 Å². The molecule has 5 rings (SSSR count). The molecule has 0 fully saturated rings. The molecule has 0 atom stereocenters. The first kappa shape index (κ1) is 18.4. The molecule has 3 aromatic carbocycles. The van der Waals surface area contributed by atoms with Gasteiger partial charge in [0.25, 0.3) is 0 Å². The predicted molar refractivity (Wildman–Crippen MR) is 117 cm³/mol. The zero-order valence-electron chi connectivity index (χ0n) is 16.0. The van der Waals surface area contributed by atoms with Crippen molar-refractivity contribution in [3.05, 3.63) is 95.4 Å². The Bertz CT molecular complexity index is 914. The van der Waals surface area contributed by atoms with E-state index in [2.05, 4.69) is 98.1 Å². The van der Waals surface area contributed by atoms with Crippen molar-refractivity contribution in [2.45, 2.75) is 33.1 Å². The highest BCUT2D eigenvalue weighted by atomic mass is 32.1. The van der Waals surface area contributed by atoms with Gasteiger partial charge in [-0.25, -0.2) is 0 Å². The van der Waals surface area contributed by atoms with Crippen LogP contribution in [0.25, 0.3) is 21.2 Å². The molecular weight excluding hydrogens is 332 g/mol. The van der Waals surface area contributed by atoms with Gasteiger partial charge in [-0.3, -0.25) is 0 Å². The molecule has 1 aliphatic rings. The predicted octanol–water partition coefficient (Wildman–Crippen LogP) is 7.92. The summed E-state index contributed by atoms with van der Waals surface area (Å²) in [6.45, 7) is 8.61. The van der Waals surface area contributed by atoms with Gasteiger partial charge in [-0.15, -0.1) is 11.3 Å². The molecule has 0 unspecified atom stereocenters. The van der Waals surface area contributed by atoms with Crippen molar-refractivity contribution in [2.24, 2.45) is 0 Å². The van der Waals surface area contributed by atoms with Gasteiger partial charge in [-0.1, -0.05) is 94.4 Å². The standard InChI is InChI=1S/C15H14.C8H6S.C2H6/c1-15(2)13-9-5-3-7-11(13)12-8-4-6-10-14(12)15;1-2-4-8-7(3-1)5-6-9-8;1-2/h3-10H,1-2H3;1-6H;1-2H3. The van der Waals surface area contributed by atoms with E-state index in [0.717, 1.165) is 0 Å². The number of rotatable bonds is 0. The van der Waals surface area contributed by atoms with Gasteiger partial charge in [0.05, 0.1) is 0 Å². The Labute approximate surface area is 161 Å². The summed E-state index contributed by atoms with van der Waals surface area (Å²) in [5, 5.41) is 3.47. The lowest BCUT2D eigenvalue weighted by atomic mass is 9.82. The average Bonchev–Trinajstić information content (AvgIpc) is 3.26. The van der Waals surface area contributed by atoms with Crippen molar-refractivity contribution in [2.75, 3.05) is 0 Å². The number of fused-ring (bicyclic) bond motifs is 4. The van der Waals surface area contributed by atoms with Crippen LogP contribution in [-0.4, -0.2) is 0 Å². The number of hydrogen-bond acceptors (Lipinski definition) is 1. The van der Waals surface area contributed by atoms with Gasteiger partial charge in [0.1, 0.15) is 0 Å². The number of benzene rings is 3. The molecule has 0 N–H and O–H groups in total. The monoisotopic (exact) mass is 358 g/mol. The molecule has 0 radical (unpaired) electrons. The molecule has 0 saturated heterocycles. The van der Waals surface area contributed by atoms with Crippen molar-refractivity contribution in [3.63, 3.8) is 0 Å². The molecule has 0 bridgehead atoms. The van der Waals surface area contributed by atoms with Gasteiger partial charge in [0, 0.05) is 10.1 Å². The van der Waals surface area contributed by atoms with Gasteiger partial charge in [-0.2, -0.15) is 0 Å². The van der Waals surface area contributed by atoms with Crippen molar-refractivity contribution >= 4 is 21.4 Å². The average molecular weight is 359 g/mol. The first-order valence-electron chi connectivity index (χ1n) is 9.29. The molecule has 1 heterocycles. The summed E-state index contributed by atoms with van der Waals surface area (Å²) in [5.41, 5.74) is 5.86. The van der Waals surface area contributed by atoms with Gasteiger partial charge < -0.3 is 0 Å². The van der Waals surface area contributed by atoms with Crippen molar-refractivity contribution in [1.82, 2.24) is 0 Å². The van der Waals surface area contributed by atoms with E-state index < -0.39 is 0 Å². The Morgan fingerprint density at radius 2 is 1.12 bits per heavy atom. The smallest absolute Gasteiger partial charge is 0.0342 e. The van der Waals surface area contributed by atoms with Gasteiger partial charge in [-0.05, 0) is 45.2 Å². The third-order valence-corrected chi connectivity index (χ3v) is 5.75. The Morgan fingerprint density at radius 3 is 1.69 bits per heavy atom. The van der Waals surface area contributed by atoms with E-state index in [1.165, 1.54) is 32.3 Å². The van der Waals surface area contributed by atoms with Crippen LogP contribution >= 0.6 is 11.3 Å². The minimum atomic E-state index is 0.160. The van der Waals surface area contributed by atoms with Gasteiger partial charge in [0.2, 0.25) is 0 Å². The number of thiophene rings is 1. The second kappa shape index (κ2) is 7.88. The molecule has 1 aromatic heterocycles. The molecule has 132 valence electrons. The lowest BCUT2D eigenvalue weighted by Crippen LogP contribution is -2.14. The van der Waals surface area contributed by atoms with E-state index >= 15 is 0 Å². The van der Waals surface area contributed by atoms with E-state index in [0.29, 0.717) is 0 Å². The summed E-state index contributed by atoms with van der Waals surface area (Å²) in [6.07, 6.45) is 0. The third kappa shape index (κ3) is 3.32. The summed E-state index contributed by atoms with van der Waals surface area (Å²) < 4.78 is 1.37. The number of hydrogen-bond donors (Lipinski definition) is 0. The Hall–Kier alpha value is -2.38. The maximum absolute atomic E-state index is 2.30. The zero-order chi connectivity index (χ0) is 18.6. The summed E-state index contributed by atoms with van der Waals surface area (Å²) in [5.74, 6) is 0. The largest absolute Gasteiger partial charge is 0.144 e. The molecule has 1 aliphatic carbocycles. The van der Waals surface area contributed by atoms with E-state index in [1.807, 2.05) is 13.8 Å². The van der Waals surface area contributed by atoms with Gasteiger partial charge >= 0.3 is 0 Å². The normalized spacial score (nSPS) is 12.9. The second-order valence-electron chi connectivity index (χ2n) is 6.67. The maximum Gasteiger partial charge on any atom is 0.0342 e. The van der Waals surface area contributed by atoms with E-state index in [1.54, 1.807) is 11.3 Å². The van der Waals surface area contributed by atoms with Crippen LogP contribution in [-0.2, 0) is 5.41 Å². The lowest BCUT2D eigenvalue weighted by Gasteiger charge is -2.20. The summed E-state index contributed by atoms with van der Waals surface area (Å²) >= 11 is 1.79. The highest BCUT2D eigenvalue weighted by Gasteiger charge is 2.34. The van der Waals surface area contributed by atoms with Crippen LogP contribution < -0.4 is 0 Å². The zero-order valence-corrected chi connectivity index (χ0v) is 16.8. The molecule has 0 aliphatic heterocycles. The first-order valence-corrected chi connectivity index (χ1v) is 10.2. The van der Waals surface area contributed by atoms with Crippen molar-refractivity contribution < 1.29 is 0 Å². The Balaban J connectivity index is 0.000000152. The highest BCUT2D eigenvalue weighted by molar-refractivity contribution is 7.17. The minimum absolute atomic E-state index is 0.160. The van der Waals surface area contributed by atoms with Crippen LogP contribution in [0.3, 0.4) is 0 Å². The van der Waals surface area contributed by atoms with Gasteiger partial charge in [0.15, 0.2) is 0 Å². The fourth-order valence-electron chi connectivity index (χ4n) is 3.58. The molecular formula is C25H26S. The fourth-order valence-corrected chi connectivity index (χ4v) is 4.37. The summed E-state index contributed by atoms with van der Waals surface area (Å²) in [6, 6.07) is 28.0. The SMILES string of the molecule is CC.CC1(C)c2ccccc2-c2ccccc21.c1ccc2sccc2c1. The molecule has 1 heteroatoms. The third-order valence-electron chi connectivity index (χ3n) is 4.85. The molecule has 0 spiro atoms. The molecule has 0 nitrogen and oxygen atoms in total. The summed E-state index contributed by atoms with van der Waals surface area (Å²) in [4.78, 5) is 0. The fraction of sp³-hybridized carbons (Fsp3) is 0.200. The first-order chi connectivity index (χ1) is 12.7. The molecule has 0 amide bonds. The van der Waals surface area contributed by atoms with Crippen LogP contribution in [0.2, 0.25) is 0 Å². The highest BCUT2D eigenvalue weighted by Crippen LogP contribution is 2.47. The van der Waals surface area contributed by atoms with Crippen molar-refractivity contribution in [3.8, 4) is 11.1 Å². The second-order valence-corrected chi connectivity index (χ2v) is 7.62. The molecule has 0 saturated carbocycles. The minimum Gasteiger partial charge on any atom is -0.144 e. The van der Waals surface area contributed by atoms with Crippen LogP contribution in [0.1, 0.15) is 38.8 Å². The van der Waals surface area contributed by atoms with E-state index in [4.69, 9.17) is 0 Å². The molecule has 4 aromatic rings. The van der Waals surface area contributed by atoms with Crippen molar-refractivity contribution in [1.29, 1.82) is 0 Å². The van der Waals surface area contributed by atoms with Crippen LogP contribution in [0.15, 0.2) is 84.2 Å². The van der Waals surface area contributed by atoms with Crippen LogP contribution in [0.4, 0.5) is 0 Å². The Morgan fingerprint density at radius 1 is 0.615 bits per heavy atom. The molecule has 26 heavy (non-hydrogen) atoms.